The van der Waals surface area contributed by atoms with Crippen LogP contribution in [-0.4, -0.2) is 22.5 Å². The van der Waals surface area contributed by atoms with Crippen molar-refractivity contribution in [1.29, 1.82) is 0 Å². The van der Waals surface area contributed by atoms with Crippen molar-refractivity contribution in [2.75, 3.05) is 12.3 Å². The Morgan fingerprint density at radius 3 is 2.47 bits per heavy atom. The summed E-state index contributed by atoms with van der Waals surface area (Å²) in [5, 5.41) is 3.26. The maximum Gasteiger partial charge on any atom is 0.0542 e. The molecule has 1 atom stereocenters. The van der Waals surface area contributed by atoms with Gasteiger partial charge in [0.25, 0.3) is 0 Å². The third-order valence-electron chi connectivity index (χ3n) is 1.92. The first-order chi connectivity index (χ1) is 7.09. The molecule has 1 rings (SSSR count). The van der Waals surface area contributed by atoms with Crippen LogP contribution in [0.3, 0.4) is 0 Å². The van der Waals surface area contributed by atoms with Crippen LogP contribution in [0.5, 0.6) is 0 Å². The van der Waals surface area contributed by atoms with E-state index < -0.39 is 10.8 Å². The highest BCUT2D eigenvalue weighted by Crippen LogP contribution is 2.13. The molecule has 0 aliphatic heterocycles. The average molecular weight is 290 g/mol. The molecule has 0 heterocycles. The highest BCUT2D eigenvalue weighted by molar-refractivity contribution is 9.10. The molecule has 4 heteroatoms. The summed E-state index contributed by atoms with van der Waals surface area (Å²) < 4.78 is 12.8. The Kier molecular flexibility index (Phi) is 5.50. The predicted molar refractivity (Wildman–Crippen MR) is 68.6 cm³/mol. The van der Waals surface area contributed by atoms with Gasteiger partial charge >= 0.3 is 0 Å². The average Bonchev–Trinajstić information content (AvgIpc) is 2.18. The van der Waals surface area contributed by atoms with Gasteiger partial charge in [0.15, 0.2) is 0 Å². The van der Waals surface area contributed by atoms with E-state index >= 15 is 0 Å². The lowest BCUT2D eigenvalue weighted by atomic mass is 10.4. The molecule has 0 spiro atoms. The Labute approximate surface area is 102 Å². The molecular formula is C11H16BrNOS. The quantitative estimate of drug-likeness (QED) is 0.903. The van der Waals surface area contributed by atoms with Gasteiger partial charge in [0.05, 0.1) is 10.8 Å². The smallest absolute Gasteiger partial charge is 0.0542 e. The van der Waals surface area contributed by atoms with Gasteiger partial charge in [-0.3, -0.25) is 4.21 Å². The number of benzene rings is 1. The molecule has 1 aromatic rings. The van der Waals surface area contributed by atoms with Crippen molar-refractivity contribution in [3.8, 4) is 0 Å². The molecule has 15 heavy (non-hydrogen) atoms. The van der Waals surface area contributed by atoms with E-state index in [1.54, 1.807) is 0 Å². The van der Waals surface area contributed by atoms with Crippen LogP contribution in [-0.2, 0) is 10.8 Å². The lowest BCUT2D eigenvalue weighted by molar-refractivity contribution is 0.610. The van der Waals surface area contributed by atoms with Crippen LogP contribution >= 0.6 is 15.9 Å². The van der Waals surface area contributed by atoms with Gasteiger partial charge in [-0.25, -0.2) is 0 Å². The molecule has 0 radical (unpaired) electrons. The Morgan fingerprint density at radius 1 is 1.33 bits per heavy atom. The second-order valence-electron chi connectivity index (χ2n) is 3.61. The highest BCUT2D eigenvalue weighted by atomic mass is 79.9. The van der Waals surface area contributed by atoms with Gasteiger partial charge in [-0.05, 0) is 24.3 Å². The van der Waals surface area contributed by atoms with Crippen molar-refractivity contribution in [3.63, 3.8) is 0 Å². The van der Waals surface area contributed by atoms with E-state index in [1.165, 1.54) is 0 Å². The lowest BCUT2D eigenvalue weighted by Crippen LogP contribution is -2.27. The van der Waals surface area contributed by atoms with Crippen molar-refractivity contribution < 1.29 is 4.21 Å². The van der Waals surface area contributed by atoms with Crippen molar-refractivity contribution >= 4 is 26.7 Å². The topological polar surface area (TPSA) is 29.1 Å². The Morgan fingerprint density at radius 2 is 1.93 bits per heavy atom. The predicted octanol–water partition coefficient (Wildman–Crippen LogP) is 2.55. The summed E-state index contributed by atoms with van der Waals surface area (Å²) in [6.07, 6.45) is 0. The normalized spacial score (nSPS) is 13.1. The van der Waals surface area contributed by atoms with E-state index in [1.807, 2.05) is 24.3 Å². The van der Waals surface area contributed by atoms with E-state index in [0.717, 1.165) is 15.9 Å². The number of halogens is 1. The van der Waals surface area contributed by atoms with Crippen LogP contribution in [0.2, 0.25) is 0 Å². The molecule has 0 aliphatic carbocycles. The summed E-state index contributed by atoms with van der Waals surface area (Å²) in [6, 6.07) is 8.09. The minimum atomic E-state index is -0.891. The lowest BCUT2D eigenvalue weighted by Gasteiger charge is -2.07. The van der Waals surface area contributed by atoms with Gasteiger partial charge in [-0.2, -0.15) is 0 Å². The van der Waals surface area contributed by atoms with Crippen LogP contribution in [0, 0.1) is 0 Å². The number of hydrogen-bond acceptors (Lipinski definition) is 2. The molecule has 0 aliphatic rings. The second kappa shape index (κ2) is 6.40. The zero-order valence-electron chi connectivity index (χ0n) is 9.00. The van der Waals surface area contributed by atoms with Gasteiger partial charge in [0.1, 0.15) is 0 Å². The van der Waals surface area contributed by atoms with Crippen molar-refractivity contribution in [3.05, 3.63) is 28.7 Å². The van der Waals surface area contributed by atoms with Crippen molar-refractivity contribution in [1.82, 2.24) is 5.32 Å². The second-order valence-corrected chi connectivity index (χ2v) is 6.10. The Hall–Kier alpha value is -0.190. The molecule has 1 aromatic carbocycles. The highest BCUT2D eigenvalue weighted by Gasteiger charge is 2.03. The third kappa shape index (κ3) is 4.91. The van der Waals surface area contributed by atoms with Crippen molar-refractivity contribution in [2.24, 2.45) is 0 Å². The summed E-state index contributed by atoms with van der Waals surface area (Å²) in [7, 11) is -0.891. The Bertz CT molecular complexity index is 324. The van der Waals surface area contributed by atoms with E-state index in [-0.39, 0.29) is 0 Å². The van der Waals surface area contributed by atoms with E-state index in [0.29, 0.717) is 11.8 Å². The first-order valence-electron chi connectivity index (χ1n) is 4.97. The fourth-order valence-electron chi connectivity index (χ4n) is 1.14. The van der Waals surface area contributed by atoms with Crippen LogP contribution in [0.25, 0.3) is 0 Å². The summed E-state index contributed by atoms with van der Waals surface area (Å²) in [5.41, 5.74) is 0. The number of rotatable bonds is 5. The molecule has 0 saturated carbocycles. The summed E-state index contributed by atoms with van der Waals surface area (Å²) in [6.45, 7) is 4.96. The number of hydrogen-bond donors (Lipinski definition) is 1. The minimum Gasteiger partial charge on any atom is -0.314 e. The first-order valence-corrected chi connectivity index (χ1v) is 7.08. The monoisotopic (exact) mass is 289 g/mol. The molecule has 0 amide bonds. The van der Waals surface area contributed by atoms with E-state index in [9.17, 15) is 4.21 Å². The first kappa shape index (κ1) is 12.9. The molecule has 2 nitrogen and oxygen atoms in total. The standard InChI is InChI=1S/C11H16BrNOS/c1-9(2)13-7-8-15(14)11-5-3-10(12)4-6-11/h3-6,9,13H,7-8H2,1-2H3. The van der Waals surface area contributed by atoms with Gasteiger partial charge in [-0.15, -0.1) is 0 Å². The SMILES string of the molecule is CC(C)NCCS(=O)c1ccc(Br)cc1. The van der Waals surface area contributed by atoms with Crippen LogP contribution in [0.15, 0.2) is 33.6 Å². The largest absolute Gasteiger partial charge is 0.314 e. The Balaban J connectivity index is 2.43. The number of nitrogens with one attached hydrogen (secondary N) is 1. The van der Waals surface area contributed by atoms with E-state index in [2.05, 4.69) is 35.1 Å². The summed E-state index contributed by atoms with van der Waals surface area (Å²) >= 11 is 3.35. The molecule has 0 bridgehead atoms. The van der Waals surface area contributed by atoms with Crippen molar-refractivity contribution in [2.45, 2.75) is 24.8 Å². The molecule has 1 N–H and O–H groups in total. The van der Waals surface area contributed by atoms with Gasteiger partial charge in [-0.1, -0.05) is 29.8 Å². The molecule has 0 aromatic heterocycles. The molecule has 0 saturated heterocycles. The van der Waals surface area contributed by atoms with Gasteiger partial charge in [0.2, 0.25) is 0 Å². The molecular weight excluding hydrogens is 274 g/mol. The molecule has 0 fully saturated rings. The van der Waals surface area contributed by atoms with Gasteiger partial charge < -0.3 is 5.32 Å². The maximum atomic E-state index is 11.8. The molecule has 1 unspecified atom stereocenters. The van der Waals surface area contributed by atoms with Crippen LogP contribution in [0.1, 0.15) is 13.8 Å². The fraction of sp³-hybridized carbons (Fsp3) is 0.455. The van der Waals surface area contributed by atoms with E-state index in [4.69, 9.17) is 0 Å². The molecule has 84 valence electrons. The zero-order valence-corrected chi connectivity index (χ0v) is 11.4. The maximum absolute atomic E-state index is 11.8. The van der Waals surface area contributed by atoms with Gasteiger partial charge in [0, 0.05) is 27.7 Å². The third-order valence-corrected chi connectivity index (χ3v) is 3.82. The van der Waals surface area contributed by atoms with Crippen LogP contribution < -0.4 is 5.32 Å². The zero-order chi connectivity index (χ0) is 11.3. The fourth-order valence-corrected chi connectivity index (χ4v) is 2.39. The summed E-state index contributed by atoms with van der Waals surface area (Å²) in [5.74, 6) is 0.666. The van der Waals surface area contributed by atoms with Crippen LogP contribution in [0.4, 0.5) is 0 Å². The minimum absolute atomic E-state index is 0.451. The summed E-state index contributed by atoms with van der Waals surface area (Å²) in [4.78, 5) is 0.892.